The molecule has 112 valence electrons. The zero-order valence-electron chi connectivity index (χ0n) is 11.2. The van der Waals surface area contributed by atoms with Crippen LogP contribution in [0.3, 0.4) is 0 Å². The van der Waals surface area contributed by atoms with Crippen LogP contribution in [-0.2, 0) is 10.0 Å². The lowest BCUT2D eigenvalue weighted by atomic mass is 9.78. The molecule has 1 saturated carbocycles. The minimum Gasteiger partial charge on any atom is -0.394 e. The number of hydrogen-bond donors (Lipinski definition) is 2. The highest BCUT2D eigenvalue weighted by atomic mass is 35.5. The molecule has 0 atom stereocenters. The molecule has 0 aliphatic heterocycles. The van der Waals surface area contributed by atoms with Crippen LogP contribution >= 0.6 is 11.6 Å². The standard InChI is InChI=1S/C14H15ClN2O3S/c15-13-5-2-10-8-11(3-4-12(10)16-13)21(19,20)17-14(9-18)6-1-7-14/h2-5,8,17-18H,1,6-7,9H2. The number of aromatic nitrogens is 1. The quantitative estimate of drug-likeness (QED) is 0.843. The summed E-state index contributed by atoms with van der Waals surface area (Å²) in [5.41, 5.74) is -0.0616. The van der Waals surface area contributed by atoms with Gasteiger partial charge in [0.1, 0.15) is 5.15 Å². The summed E-state index contributed by atoms with van der Waals surface area (Å²) in [6, 6.07) is 8.04. The van der Waals surface area contributed by atoms with Crippen molar-refractivity contribution in [2.45, 2.75) is 29.7 Å². The molecule has 0 saturated heterocycles. The van der Waals surface area contributed by atoms with Crippen LogP contribution in [0.5, 0.6) is 0 Å². The average Bonchev–Trinajstić information content (AvgIpc) is 2.42. The summed E-state index contributed by atoms with van der Waals surface area (Å²) in [6.45, 7) is -0.184. The number of halogens is 1. The van der Waals surface area contributed by atoms with Crippen LogP contribution in [0, 0.1) is 0 Å². The smallest absolute Gasteiger partial charge is 0.241 e. The Balaban J connectivity index is 1.97. The Kier molecular flexibility index (Phi) is 3.65. The van der Waals surface area contributed by atoms with Crippen molar-refractivity contribution in [3.05, 3.63) is 35.5 Å². The van der Waals surface area contributed by atoms with E-state index in [1.807, 2.05) is 0 Å². The van der Waals surface area contributed by atoms with Gasteiger partial charge in [-0.25, -0.2) is 18.1 Å². The van der Waals surface area contributed by atoms with Gasteiger partial charge in [-0.05, 0) is 49.6 Å². The fraction of sp³-hybridized carbons (Fsp3) is 0.357. The van der Waals surface area contributed by atoms with Gasteiger partial charge >= 0.3 is 0 Å². The van der Waals surface area contributed by atoms with Crippen LogP contribution < -0.4 is 4.72 Å². The van der Waals surface area contributed by atoms with Gasteiger partial charge in [0.05, 0.1) is 22.6 Å². The number of nitrogens with zero attached hydrogens (tertiary/aromatic N) is 1. The molecule has 1 aliphatic rings. The normalized spacial score (nSPS) is 17.6. The van der Waals surface area contributed by atoms with Gasteiger partial charge in [-0.2, -0.15) is 0 Å². The summed E-state index contributed by atoms with van der Waals surface area (Å²) < 4.78 is 27.5. The summed E-state index contributed by atoms with van der Waals surface area (Å²) in [6.07, 6.45) is 2.24. The molecule has 1 aromatic heterocycles. The first-order valence-electron chi connectivity index (χ1n) is 6.65. The molecule has 1 aromatic carbocycles. The molecule has 2 aromatic rings. The molecule has 2 N–H and O–H groups in total. The Morgan fingerprint density at radius 3 is 2.67 bits per heavy atom. The highest BCUT2D eigenvalue weighted by molar-refractivity contribution is 7.89. The average molecular weight is 327 g/mol. The number of aliphatic hydroxyl groups is 1. The summed E-state index contributed by atoms with van der Waals surface area (Å²) in [4.78, 5) is 4.29. The van der Waals surface area contributed by atoms with Crippen LogP contribution in [0.1, 0.15) is 19.3 Å². The Morgan fingerprint density at radius 2 is 2.05 bits per heavy atom. The molecule has 5 nitrogen and oxygen atoms in total. The second-order valence-electron chi connectivity index (χ2n) is 5.39. The van der Waals surface area contributed by atoms with E-state index in [4.69, 9.17) is 11.6 Å². The molecule has 0 bridgehead atoms. The molecular formula is C14H15ClN2O3S. The van der Waals surface area contributed by atoms with Crippen molar-refractivity contribution in [1.82, 2.24) is 9.71 Å². The lowest BCUT2D eigenvalue weighted by Gasteiger charge is -2.40. The number of nitrogens with one attached hydrogen (secondary N) is 1. The Labute approximate surface area is 128 Å². The van der Waals surface area contributed by atoms with E-state index in [0.29, 0.717) is 28.9 Å². The van der Waals surface area contributed by atoms with Crippen molar-refractivity contribution in [2.75, 3.05) is 6.61 Å². The fourth-order valence-corrected chi connectivity index (χ4v) is 4.13. The van der Waals surface area contributed by atoms with Crippen molar-refractivity contribution < 1.29 is 13.5 Å². The number of hydrogen-bond acceptors (Lipinski definition) is 4. The predicted octanol–water partition coefficient (Wildman–Crippen LogP) is 2.08. The second-order valence-corrected chi connectivity index (χ2v) is 7.46. The molecular weight excluding hydrogens is 312 g/mol. The van der Waals surface area contributed by atoms with Gasteiger partial charge in [0, 0.05) is 5.39 Å². The van der Waals surface area contributed by atoms with Crippen LogP contribution in [0.2, 0.25) is 5.15 Å². The van der Waals surface area contributed by atoms with Crippen molar-refractivity contribution in [3.63, 3.8) is 0 Å². The minimum atomic E-state index is -3.66. The molecule has 1 fully saturated rings. The first-order chi connectivity index (χ1) is 9.94. The van der Waals surface area contributed by atoms with Crippen molar-refractivity contribution in [1.29, 1.82) is 0 Å². The molecule has 0 radical (unpaired) electrons. The summed E-state index contributed by atoms with van der Waals surface area (Å²) in [5.74, 6) is 0. The highest BCUT2D eigenvalue weighted by Crippen LogP contribution is 2.33. The third kappa shape index (κ3) is 2.76. The topological polar surface area (TPSA) is 79.3 Å². The second kappa shape index (κ2) is 5.21. The Hall–Kier alpha value is -1.21. The maximum atomic E-state index is 12.4. The molecule has 0 amide bonds. The monoisotopic (exact) mass is 326 g/mol. The van der Waals surface area contributed by atoms with Gasteiger partial charge < -0.3 is 5.11 Å². The van der Waals surface area contributed by atoms with E-state index in [1.165, 1.54) is 6.07 Å². The maximum Gasteiger partial charge on any atom is 0.241 e. The van der Waals surface area contributed by atoms with Gasteiger partial charge in [-0.3, -0.25) is 0 Å². The van der Waals surface area contributed by atoms with Crippen molar-refractivity contribution in [2.24, 2.45) is 0 Å². The molecule has 1 aliphatic carbocycles. The van der Waals surface area contributed by atoms with Crippen LogP contribution in [0.15, 0.2) is 35.2 Å². The van der Waals surface area contributed by atoms with E-state index in [2.05, 4.69) is 9.71 Å². The summed E-state index contributed by atoms with van der Waals surface area (Å²) in [7, 11) is -3.66. The third-order valence-corrected chi connectivity index (χ3v) is 5.69. The summed E-state index contributed by atoms with van der Waals surface area (Å²) in [5, 5.41) is 10.5. The van der Waals surface area contributed by atoms with Gasteiger partial charge in [0.15, 0.2) is 0 Å². The van der Waals surface area contributed by atoms with Crippen molar-refractivity contribution in [3.8, 4) is 0 Å². The largest absolute Gasteiger partial charge is 0.394 e. The van der Waals surface area contributed by atoms with E-state index >= 15 is 0 Å². The zero-order chi connectivity index (χ0) is 15.1. The first-order valence-corrected chi connectivity index (χ1v) is 8.51. The number of rotatable bonds is 4. The molecule has 1 heterocycles. The van der Waals surface area contributed by atoms with E-state index in [1.54, 1.807) is 24.3 Å². The fourth-order valence-electron chi connectivity index (χ4n) is 2.49. The number of pyridine rings is 1. The minimum absolute atomic E-state index is 0.166. The van der Waals surface area contributed by atoms with Crippen molar-refractivity contribution >= 4 is 32.5 Å². The molecule has 0 unspecified atom stereocenters. The van der Waals surface area contributed by atoms with E-state index in [9.17, 15) is 13.5 Å². The Morgan fingerprint density at radius 1 is 1.29 bits per heavy atom. The zero-order valence-corrected chi connectivity index (χ0v) is 12.8. The van der Waals surface area contributed by atoms with Crippen LogP contribution in [-0.4, -0.2) is 30.7 Å². The number of aliphatic hydroxyl groups excluding tert-OH is 1. The predicted molar refractivity (Wildman–Crippen MR) is 80.7 cm³/mol. The highest BCUT2D eigenvalue weighted by Gasteiger charge is 2.40. The van der Waals surface area contributed by atoms with E-state index in [0.717, 1.165) is 6.42 Å². The lowest BCUT2D eigenvalue weighted by Crippen LogP contribution is -2.55. The lowest BCUT2D eigenvalue weighted by molar-refractivity contribution is 0.110. The number of sulfonamides is 1. The van der Waals surface area contributed by atoms with Gasteiger partial charge in [0.2, 0.25) is 10.0 Å². The maximum absolute atomic E-state index is 12.4. The van der Waals surface area contributed by atoms with Gasteiger partial charge in [-0.1, -0.05) is 11.6 Å². The van der Waals surface area contributed by atoms with Crippen LogP contribution in [0.4, 0.5) is 0 Å². The SMILES string of the molecule is O=S(=O)(NC1(CO)CCC1)c1ccc2nc(Cl)ccc2c1. The van der Waals surface area contributed by atoms with E-state index < -0.39 is 15.6 Å². The number of fused-ring (bicyclic) bond motifs is 1. The molecule has 7 heteroatoms. The molecule has 0 spiro atoms. The van der Waals surface area contributed by atoms with E-state index in [-0.39, 0.29) is 11.5 Å². The van der Waals surface area contributed by atoms with Gasteiger partial charge in [0.25, 0.3) is 0 Å². The third-order valence-electron chi connectivity index (χ3n) is 3.90. The first kappa shape index (κ1) is 14.7. The Bertz CT molecular complexity index is 782. The molecule has 21 heavy (non-hydrogen) atoms. The summed E-state index contributed by atoms with van der Waals surface area (Å²) >= 11 is 5.81. The van der Waals surface area contributed by atoms with Crippen LogP contribution in [0.25, 0.3) is 10.9 Å². The molecule has 3 rings (SSSR count). The van der Waals surface area contributed by atoms with Gasteiger partial charge in [-0.15, -0.1) is 0 Å². The number of benzene rings is 1.